The number of nitrogens with two attached hydrogens (primary N) is 1. The smallest absolute Gasteiger partial charge is 0.136 e. The fraction of sp³-hybridized carbons (Fsp3) is 0.375. The molecule has 3 nitrogen and oxygen atoms in total. The Hall–Kier alpha value is -1.10. The second-order valence-corrected chi connectivity index (χ2v) is 5.95. The van der Waals surface area contributed by atoms with Gasteiger partial charge in [0.1, 0.15) is 5.76 Å². The van der Waals surface area contributed by atoms with E-state index in [9.17, 15) is 0 Å². The van der Waals surface area contributed by atoms with Crippen LogP contribution < -0.4 is 11.3 Å². The fourth-order valence-corrected chi connectivity index (χ4v) is 3.10. The number of halogens is 1. The number of hydrogen-bond donors (Lipinski definition) is 2. The van der Waals surface area contributed by atoms with E-state index in [2.05, 4.69) is 59.5 Å². The minimum Gasteiger partial charge on any atom is -0.466 e. The van der Waals surface area contributed by atoms with Gasteiger partial charge in [-0.05, 0) is 33.5 Å². The topological polar surface area (TPSA) is 51.2 Å². The van der Waals surface area contributed by atoms with Crippen molar-refractivity contribution in [2.75, 3.05) is 0 Å². The van der Waals surface area contributed by atoms with Gasteiger partial charge in [-0.3, -0.25) is 5.84 Å². The molecule has 0 bridgehead atoms. The summed E-state index contributed by atoms with van der Waals surface area (Å²) in [6.07, 6.45) is 2.76. The van der Waals surface area contributed by atoms with Gasteiger partial charge in [0.25, 0.3) is 0 Å². The molecule has 0 aliphatic carbocycles. The summed E-state index contributed by atoms with van der Waals surface area (Å²) < 4.78 is 6.57. The van der Waals surface area contributed by atoms with E-state index < -0.39 is 0 Å². The lowest BCUT2D eigenvalue weighted by Gasteiger charge is -2.30. The molecular weight excluding hydrogens is 316 g/mol. The Bertz CT molecular complexity index is 526. The molecule has 4 heteroatoms. The zero-order chi connectivity index (χ0) is 14.5. The van der Waals surface area contributed by atoms with Crippen LogP contribution in [0.25, 0.3) is 0 Å². The molecule has 0 amide bonds. The first kappa shape index (κ1) is 15.3. The summed E-state index contributed by atoms with van der Waals surface area (Å²) in [5.74, 6) is 7.42. The van der Waals surface area contributed by atoms with Crippen LogP contribution in [0.3, 0.4) is 0 Å². The minimum atomic E-state index is -0.0586. The van der Waals surface area contributed by atoms with Crippen molar-refractivity contribution in [3.63, 3.8) is 0 Å². The van der Waals surface area contributed by atoms with Crippen molar-refractivity contribution >= 4 is 15.9 Å². The number of nitrogens with one attached hydrogen (secondary N) is 1. The monoisotopic (exact) mass is 336 g/mol. The molecule has 0 saturated heterocycles. The molecule has 3 atom stereocenters. The Morgan fingerprint density at radius 1 is 1.25 bits per heavy atom. The number of hydrogen-bond acceptors (Lipinski definition) is 3. The van der Waals surface area contributed by atoms with E-state index in [0.717, 1.165) is 16.7 Å². The Balaban J connectivity index is 2.42. The van der Waals surface area contributed by atoms with Crippen LogP contribution in [0.15, 0.2) is 51.6 Å². The Morgan fingerprint density at radius 2 is 1.95 bits per heavy atom. The van der Waals surface area contributed by atoms with Crippen LogP contribution in [-0.2, 0) is 0 Å². The van der Waals surface area contributed by atoms with Crippen molar-refractivity contribution in [3.8, 4) is 0 Å². The van der Waals surface area contributed by atoms with Crippen molar-refractivity contribution < 1.29 is 4.42 Å². The molecule has 2 aromatic rings. The molecule has 0 aliphatic rings. The predicted molar refractivity (Wildman–Crippen MR) is 85.1 cm³/mol. The van der Waals surface area contributed by atoms with Gasteiger partial charge >= 0.3 is 0 Å². The molecule has 1 aromatic carbocycles. The standard InChI is InChI=1S/C16H21BrN2O/c1-3-11(2)14(12-7-5-4-6-8-12)15(19-18)16-13(17)9-10-20-16/h4-11,14-15,19H,3,18H2,1-2H3. The highest BCUT2D eigenvalue weighted by atomic mass is 79.9. The maximum atomic E-state index is 5.83. The molecule has 0 saturated carbocycles. The molecule has 3 N–H and O–H groups in total. The van der Waals surface area contributed by atoms with Gasteiger partial charge in [0.2, 0.25) is 0 Å². The minimum absolute atomic E-state index is 0.0586. The van der Waals surface area contributed by atoms with Crippen molar-refractivity contribution in [3.05, 3.63) is 58.5 Å². The van der Waals surface area contributed by atoms with Crippen LogP contribution >= 0.6 is 15.9 Å². The van der Waals surface area contributed by atoms with Gasteiger partial charge in [0.05, 0.1) is 16.8 Å². The third kappa shape index (κ3) is 3.14. The van der Waals surface area contributed by atoms with E-state index in [1.807, 2.05) is 12.1 Å². The number of hydrazine groups is 1. The molecule has 1 aromatic heterocycles. The van der Waals surface area contributed by atoms with E-state index in [1.165, 1.54) is 5.56 Å². The van der Waals surface area contributed by atoms with Crippen LogP contribution in [0.1, 0.15) is 43.6 Å². The fourth-order valence-electron chi connectivity index (χ4n) is 2.65. The summed E-state index contributed by atoms with van der Waals surface area (Å²) in [5, 5.41) is 0. The van der Waals surface area contributed by atoms with E-state index in [1.54, 1.807) is 6.26 Å². The molecule has 3 unspecified atom stereocenters. The van der Waals surface area contributed by atoms with Crippen LogP contribution in [0.4, 0.5) is 0 Å². The van der Waals surface area contributed by atoms with Crippen molar-refractivity contribution in [1.82, 2.24) is 5.43 Å². The second-order valence-electron chi connectivity index (χ2n) is 5.10. The lowest BCUT2D eigenvalue weighted by Crippen LogP contribution is -2.35. The summed E-state index contributed by atoms with van der Waals surface area (Å²) in [6, 6.07) is 12.3. The first-order valence-electron chi connectivity index (χ1n) is 6.93. The first-order valence-corrected chi connectivity index (χ1v) is 7.72. The van der Waals surface area contributed by atoms with Crippen LogP contribution in [0.2, 0.25) is 0 Å². The molecule has 0 radical (unpaired) electrons. The van der Waals surface area contributed by atoms with Crippen molar-refractivity contribution in [1.29, 1.82) is 0 Å². The summed E-state index contributed by atoms with van der Waals surface area (Å²) in [6.45, 7) is 4.45. The van der Waals surface area contributed by atoms with Gasteiger partial charge in [0.15, 0.2) is 0 Å². The SMILES string of the molecule is CCC(C)C(c1ccccc1)C(NN)c1occc1Br. The van der Waals surface area contributed by atoms with Crippen LogP contribution in [0.5, 0.6) is 0 Å². The van der Waals surface area contributed by atoms with E-state index >= 15 is 0 Å². The van der Waals surface area contributed by atoms with E-state index in [4.69, 9.17) is 10.3 Å². The molecule has 2 rings (SSSR count). The number of benzene rings is 1. The Kier molecular flexibility index (Phi) is 5.40. The van der Waals surface area contributed by atoms with Gasteiger partial charge in [-0.25, -0.2) is 5.43 Å². The maximum absolute atomic E-state index is 5.83. The summed E-state index contributed by atoms with van der Waals surface area (Å²) in [4.78, 5) is 0. The summed E-state index contributed by atoms with van der Waals surface area (Å²) in [5.41, 5.74) is 4.21. The van der Waals surface area contributed by atoms with Crippen LogP contribution in [0, 0.1) is 5.92 Å². The van der Waals surface area contributed by atoms with Crippen LogP contribution in [-0.4, -0.2) is 0 Å². The zero-order valence-corrected chi connectivity index (χ0v) is 13.4. The highest BCUT2D eigenvalue weighted by Crippen LogP contribution is 2.40. The highest BCUT2D eigenvalue weighted by Gasteiger charge is 2.31. The van der Waals surface area contributed by atoms with Gasteiger partial charge in [0, 0.05) is 5.92 Å². The molecular formula is C16H21BrN2O. The molecule has 0 aliphatic heterocycles. The third-order valence-corrected chi connectivity index (χ3v) is 4.56. The second kappa shape index (κ2) is 7.07. The highest BCUT2D eigenvalue weighted by molar-refractivity contribution is 9.10. The predicted octanol–water partition coefficient (Wildman–Crippen LogP) is 4.38. The molecule has 1 heterocycles. The molecule has 0 fully saturated rings. The lowest BCUT2D eigenvalue weighted by molar-refractivity contribution is 0.301. The zero-order valence-electron chi connectivity index (χ0n) is 11.8. The Labute approximate surface area is 128 Å². The molecule has 108 valence electrons. The number of furan rings is 1. The Morgan fingerprint density at radius 3 is 2.45 bits per heavy atom. The average Bonchev–Trinajstić information content (AvgIpc) is 2.90. The van der Waals surface area contributed by atoms with Crippen molar-refractivity contribution in [2.45, 2.75) is 32.2 Å². The van der Waals surface area contributed by atoms with E-state index in [-0.39, 0.29) is 12.0 Å². The molecule has 0 spiro atoms. The summed E-state index contributed by atoms with van der Waals surface area (Å²) >= 11 is 3.53. The normalized spacial score (nSPS) is 15.8. The largest absolute Gasteiger partial charge is 0.466 e. The van der Waals surface area contributed by atoms with Gasteiger partial charge in [-0.15, -0.1) is 0 Å². The molecule has 20 heavy (non-hydrogen) atoms. The number of rotatable bonds is 6. The average molecular weight is 337 g/mol. The van der Waals surface area contributed by atoms with Gasteiger partial charge in [-0.2, -0.15) is 0 Å². The van der Waals surface area contributed by atoms with Crippen molar-refractivity contribution in [2.24, 2.45) is 11.8 Å². The lowest BCUT2D eigenvalue weighted by atomic mass is 9.79. The summed E-state index contributed by atoms with van der Waals surface area (Å²) in [7, 11) is 0. The van der Waals surface area contributed by atoms with Gasteiger partial charge < -0.3 is 4.42 Å². The van der Waals surface area contributed by atoms with Gasteiger partial charge in [-0.1, -0.05) is 50.6 Å². The third-order valence-electron chi connectivity index (χ3n) is 3.91. The first-order chi connectivity index (χ1) is 9.69. The maximum Gasteiger partial charge on any atom is 0.136 e. The quantitative estimate of drug-likeness (QED) is 0.608. The van der Waals surface area contributed by atoms with E-state index in [0.29, 0.717) is 5.92 Å².